The molecule has 1 aliphatic rings. The number of rotatable bonds is 2. The van der Waals surface area contributed by atoms with Crippen LogP contribution in [0.2, 0.25) is 0 Å². The zero-order chi connectivity index (χ0) is 14.1. The summed E-state index contributed by atoms with van der Waals surface area (Å²) in [5.41, 5.74) is 1.80. The number of hydrogen-bond acceptors (Lipinski definition) is 5. The number of pyridine rings is 1. The van der Waals surface area contributed by atoms with E-state index in [0.29, 0.717) is 11.8 Å². The molecule has 0 amide bonds. The SMILES string of the molecule is c1cnc2c(-c3nc(C4CCCNC4)no3)cccc2c1. The van der Waals surface area contributed by atoms with E-state index in [0.717, 1.165) is 48.2 Å². The zero-order valence-corrected chi connectivity index (χ0v) is 11.6. The number of piperidine rings is 1. The molecule has 1 aliphatic heterocycles. The summed E-state index contributed by atoms with van der Waals surface area (Å²) in [7, 11) is 0. The largest absolute Gasteiger partial charge is 0.334 e. The summed E-state index contributed by atoms with van der Waals surface area (Å²) in [6, 6.07) is 9.97. The molecule has 3 aromatic rings. The van der Waals surface area contributed by atoms with Gasteiger partial charge in [-0.2, -0.15) is 4.98 Å². The van der Waals surface area contributed by atoms with Crippen molar-refractivity contribution in [1.82, 2.24) is 20.4 Å². The van der Waals surface area contributed by atoms with E-state index in [4.69, 9.17) is 4.52 Å². The van der Waals surface area contributed by atoms with Gasteiger partial charge in [0.2, 0.25) is 0 Å². The summed E-state index contributed by atoms with van der Waals surface area (Å²) >= 11 is 0. The van der Waals surface area contributed by atoms with Gasteiger partial charge in [-0.3, -0.25) is 4.98 Å². The number of para-hydroxylation sites is 1. The van der Waals surface area contributed by atoms with E-state index in [1.54, 1.807) is 6.20 Å². The van der Waals surface area contributed by atoms with Gasteiger partial charge in [0.15, 0.2) is 5.82 Å². The average Bonchev–Trinajstić information content (AvgIpc) is 3.05. The Kier molecular flexibility index (Phi) is 3.12. The number of fused-ring (bicyclic) bond motifs is 1. The van der Waals surface area contributed by atoms with Gasteiger partial charge in [-0.05, 0) is 31.5 Å². The first-order valence-corrected chi connectivity index (χ1v) is 7.30. The normalized spacial score (nSPS) is 19.0. The van der Waals surface area contributed by atoms with Crippen LogP contribution in [0.4, 0.5) is 0 Å². The third-order valence-electron chi connectivity index (χ3n) is 3.97. The average molecular weight is 280 g/mol. The van der Waals surface area contributed by atoms with Crippen LogP contribution in [0, 0.1) is 0 Å². The fourth-order valence-electron chi connectivity index (χ4n) is 2.86. The van der Waals surface area contributed by atoms with Gasteiger partial charge in [-0.25, -0.2) is 0 Å². The highest BCUT2D eigenvalue weighted by Gasteiger charge is 2.21. The van der Waals surface area contributed by atoms with Crippen molar-refractivity contribution in [3.8, 4) is 11.5 Å². The Morgan fingerprint density at radius 2 is 2.14 bits per heavy atom. The molecular weight excluding hydrogens is 264 g/mol. The molecule has 0 saturated carbocycles. The second kappa shape index (κ2) is 5.26. The molecule has 1 aromatic carbocycles. The van der Waals surface area contributed by atoms with E-state index in [-0.39, 0.29) is 0 Å². The van der Waals surface area contributed by atoms with Crippen molar-refractivity contribution in [3.05, 3.63) is 42.4 Å². The molecule has 1 atom stereocenters. The molecule has 5 nitrogen and oxygen atoms in total. The quantitative estimate of drug-likeness (QED) is 0.782. The molecule has 0 radical (unpaired) electrons. The number of aromatic nitrogens is 3. The molecule has 1 fully saturated rings. The van der Waals surface area contributed by atoms with Crippen LogP contribution in [-0.4, -0.2) is 28.2 Å². The number of nitrogens with one attached hydrogen (secondary N) is 1. The predicted octanol–water partition coefficient (Wildman–Crippen LogP) is 2.75. The number of hydrogen-bond donors (Lipinski definition) is 1. The molecule has 5 heteroatoms. The van der Waals surface area contributed by atoms with Gasteiger partial charge in [0.25, 0.3) is 5.89 Å². The molecule has 1 unspecified atom stereocenters. The minimum absolute atomic E-state index is 0.346. The second-order valence-corrected chi connectivity index (χ2v) is 5.38. The van der Waals surface area contributed by atoms with Crippen LogP contribution in [0.15, 0.2) is 41.1 Å². The fourth-order valence-corrected chi connectivity index (χ4v) is 2.86. The minimum atomic E-state index is 0.346. The van der Waals surface area contributed by atoms with E-state index in [2.05, 4.69) is 20.4 Å². The van der Waals surface area contributed by atoms with Gasteiger partial charge in [0.1, 0.15) is 0 Å². The van der Waals surface area contributed by atoms with E-state index in [9.17, 15) is 0 Å². The van der Waals surface area contributed by atoms with E-state index < -0.39 is 0 Å². The van der Waals surface area contributed by atoms with Crippen molar-refractivity contribution in [2.45, 2.75) is 18.8 Å². The molecule has 1 saturated heterocycles. The first kappa shape index (κ1) is 12.5. The van der Waals surface area contributed by atoms with E-state index in [1.165, 1.54) is 0 Å². The number of benzene rings is 1. The highest BCUT2D eigenvalue weighted by Crippen LogP contribution is 2.28. The maximum atomic E-state index is 5.48. The topological polar surface area (TPSA) is 63.8 Å². The molecule has 106 valence electrons. The van der Waals surface area contributed by atoms with E-state index in [1.807, 2.05) is 30.3 Å². The van der Waals surface area contributed by atoms with Crippen LogP contribution in [0.25, 0.3) is 22.4 Å². The highest BCUT2D eigenvalue weighted by molar-refractivity contribution is 5.91. The predicted molar refractivity (Wildman–Crippen MR) is 79.9 cm³/mol. The maximum absolute atomic E-state index is 5.48. The van der Waals surface area contributed by atoms with Crippen LogP contribution in [0.5, 0.6) is 0 Å². The summed E-state index contributed by atoms with van der Waals surface area (Å²) in [4.78, 5) is 9.04. The Balaban J connectivity index is 1.74. The minimum Gasteiger partial charge on any atom is -0.334 e. The molecule has 21 heavy (non-hydrogen) atoms. The molecule has 1 N–H and O–H groups in total. The molecule has 0 bridgehead atoms. The van der Waals surface area contributed by atoms with Crippen LogP contribution in [0.1, 0.15) is 24.6 Å². The van der Waals surface area contributed by atoms with Gasteiger partial charge in [-0.1, -0.05) is 23.4 Å². The summed E-state index contributed by atoms with van der Waals surface area (Å²) in [6.45, 7) is 2.00. The lowest BCUT2D eigenvalue weighted by atomic mass is 9.99. The standard InChI is InChI=1S/C16H16N4O/c1-4-11-5-3-9-18-14(11)13(7-1)16-19-15(20-21-16)12-6-2-8-17-10-12/h1,3-5,7,9,12,17H,2,6,8,10H2. The first-order chi connectivity index (χ1) is 10.4. The molecule has 3 heterocycles. The Morgan fingerprint density at radius 1 is 1.19 bits per heavy atom. The van der Waals surface area contributed by atoms with Gasteiger partial charge in [0, 0.05) is 24.0 Å². The smallest absolute Gasteiger partial charge is 0.260 e. The number of nitrogens with zero attached hydrogens (tertiary/aromatic N) is 3. The van der Waals surface area contributed by atoms with Crippen molar-refractivity contribution < 1.29 is 4.52 Å². The maximum Gasteiger partial charge on any atom is 0.260 e. The van der Waals surface area contributed by atoms with Crippen molar-refractivity contribution in [2.24, 2.45) is 0 Å². The van der Waals surface area contributed by atoms with Crippen LogP contribution in [-0.2, 0) is 0 Å². The summed E-state index contributed by atoms with van der Waals surface area (Å²) in [6.07, 6.45) is 4.05. The van der Waals surface area contributed by atoms with Crippen LogP contribution in [0.3, 0.4) is 0 Å². The molecule has 4 rings (SSSR count). The second-order valence-electron chi connectivity index (χ2n) is 5.38. The monoisotopic (exact) mass is 280 g/mol. The Bertz CT molecular complexity index is 756. The van der Waals surface area contributed by atoms with Crippen LogP contribution >= 0.6 is 0 Å². The first-order valence-electron chi connectivity index (χ1n) is 7.30. The Hall–Kier alpha value is -2.27. The Labute approximate surface area is 122 Å². The van der Waals surface area contributed by atoms with Crippen molar-refractivity contribution >= 4 is 10.9 Å². The van der Waals surface area contributed by atoms with E-state index >= 15 is 0 Å². The molecule has 0 spiro atoms. The lowest BCUT2D eigenvalue weighted by Gasteiger charge is -2.19. The summed E-state index contributed by atoms with van der Waals surface area (Å²) in [5, 5.41) is 8.62. The van der Waals surface area contributed by atoms with Crippen molar-refractivity contribution in [1.29, 1.82) is 0 Å². The third kappa shape index (κ3) is 2.29. The third-order valence-corrected chi connectivity index (χ3v) is 3.97. The molecule has 0 aliphatic carbocycles. The fraction of sp³-hybridized carbons (Fsp3) is 0.312. The summed E-state index contributed by atoms with van der Waals surface area (Å²) in [5.74, 6) is 1.70. The van der Waals surface area contributed by atoms with Gasteiger partial charge < -0.3 is 9.84 Å². The molecular formula is C16H16N4O. The van der Waals surface area contributed by atoms with Crippen molar-refractivity contribution in [2.75, 3.05) is 13.1 Å². The van der Waals surface area contributed by atoms with Gasteiger partial charge in [-0.15, -0.1) is 0 Å². The van der Waals surface area contributed by atoms with Crippen molar-refractivity contribution in [3.63, 3.8) is 0 Å². The van der Waals surface area contributed by atoms with Gasteiger partial charge in [0.05, 0.1) is 11.1 Å². The van der Waals surface area contributed by atoms with Gasteiger partial charge >= 0.3 is 0 Å². The lowest BCUT2D eigenvalue weighted by molar-refractivity contribution is 0.393. The Morgan fingerprint density at radius 3 is 3.05 bits per heavy atom. The highest BCUT2D eigenvalue weighted by atomic mass is 16.5. The van der Waals surface area contributed by atoms with Crippen LogP contribution < -0.4 is 5.32 Å². The zero-order valence-electron chi connectivity index (χ0n) is 11.6. The molecule has 2 aromatic heterocycles. The lowest BCUT2D eigenvalue weighted by Crippen LogP contribution is -2.28. The summed E-state index contributed by atoms with van der Waals surface area (Å²) < 4.78 is 5.48.